The summed E-state index contributed by atoms with van der Waals surface area (Å²) in [6, 6.07) is 8.84. The molecule has 8 heteroatoms. The molecule has 1 aliphatic rings. The van der Waals surface area contributed by atoms with Crippen LogP contribution in [0.2, 0.25) is 0 Å². The van der Waals surface area contributed by atoms with E-state index in [9.17, 15) is 18.8 Å². The van der Waals surface area contributed by atoms with Gasteiger partial charge in [-0.1, -0.05) is 17.7 Å². The maximum Gasteiger partial charge on any atom is 0.307 e. The number of benzene rings is 2. The molecule has 1 atom stereocenters. The Bertz CT molecular complexity index is 1240. The highest BCUT2D eigenvalue weighted by molar-refractivity contribution is 6.02. The van der Waals surface area contributed by atoms with Gasteiger partial charge in [-0.3, -0.25) is 19.5 Å². The van der Waals surface area contributed by atoms with E-state index in [1.807, 2.05) is 18.2 Å². The fraction of sp³-hybridized carbons (Fsp3) is 0.217. The molecule has 1 amide bonds. The topological polar surface area (TPSA) is 112 Å². The number of aliphatic carboxylic acids is 1. The van der Waals surface area contributed by atoms with Crippen molar-refractivity contribution >= 4 is 28.6 Å². The highest BCUT2D eigenvalue weighted by atomic mass is 19.1. The first-order valence-corrected chi connectivity index (χ1v) is 9.76. The molecular formula is C23H20FN3O4. The normalized spacial score (nSPS) is 16.5. The number of halogens is 1. The van der Waals surface area contributed by atoms with Crippen molar-refractivity contribution in [1.29, 1.82) is 0 Å². The summed E-state index contributed by atoms with van der Waals surface area (Å²) >= 11 is 0. The lowest BCUT2D eigenvalue weighted by Gasteiger charge is -2.28. The minimum absolute atomic E-state index is 0.000293. The van der Waals surface area contributed by atoms with Gasteiger partial charge in [0.05, 0.1) is 24.2 Å². The van der Waals surface area contributed by atoms with Crippen LogP contribution in [-0.4, -0.2) is 33.0 Å². The summed E-state index contributed by atoms with van der Waals surface area (Å²) < 4.78 is 14.1. The summed E-state index contributed by atoms with van der Waals surface area (Å²) in [6.45, 7) is 1.74. The molecule has 0 aliphatic carbocycles. The number of hydrogen-bond donors (Lipinski definition) is 3. The third kappa shape index (κ3) is 4.23. The quantitative estimate of drug-likeness (QED) is 0.566. The first-order valence-electron chi connectivity index (χ1n) is 9.76. The van der Waals surface area contributed by atoms with Crippen LogP contribution < -0.4 is 5.32 Å². The summed E-state index contributed by atoms with van der Waals surface area (Å²) in [5.74, 6) is -2.21. The van der Waals surface area contributed by atoms with Crippen molar-refractivity contribution in [2.75, 3.05) is 0 Å². The number of carbonyl (C=O) groups is 3. The van der Waals surface area contributed by atoms with Gasteiger partial charge in [-0.25, -0.2) is 4.39 Å². The van der Waals surface area contributed by atoms with Crippen LogP contribution in [0.15, 0.2) is 53.7 Å². The van der Waals surface area contributed by atoms with Crippen molar-refractivity contribution in [1.82, 2.24) is 15.5 Å². The number of nitrogens with zero attached hydrogens (tertiary/aromatic N) is 1. The molecule has 1 unspecified atom stereocenters. The molecule has 31 heavy (non-hydrogen) atoms. The number of Topliss-reactive ketones (excluding diaryl/α,β-unsaturated/α-hetero) is 1. The summed E-state index contributed by atoms with van der Waals surface area (Å²) in [5.41, 5.74) is 3.23. The van der Waals surface area contributed by atoms with Gasteiger partial charge in [0.2, 0.25) is 5.91 Å². The molecule has 4 rings (SSSR count). The Hall–Kier alpha value is -3.81. The molecule has 0 saturated heterocycles. The zero-order chi connectivity index (χ0) is 22.1. The number of aromatic nitrogens is 2. The number of hydrogen-bond acceptors (Lipinski definition) is 4. The summed E-state index contributed by atoms with van der Waals surface area (Å²) in [6.07, 6.45) is 1.42. The summed E-state index contributed by atoms with van der Waals surface area (Å²) in [5, 5.41) is 19.6. The molecule has 2 heterocycles. The van der Waals surface area contributed by atoms with Gasteiger partial charge in [-0.2, -0.15) is 5.10 Å². The van der Waals surface area contributed by atoms with E-state index in [-0.39, 0.29) is 30.1 Å². The zero-order valence-corrected chi connectivity index (χ0v) is 16.7. The highest BCUT2D eigenvalue weighted by Gasteiger charge is 2.31. The number of rotatable bonds is 6. The van der Waals surface area contributed by atoms with Crippen LogP contribution >= 0.6 is 0 Å². The number of ketones is 1. The molecular weight excluding hydrogens is 401 g/mol. The SMILES string of the molecule is CC1=C(C(=O)Cc2ccc3[nH]ncc3c2)C(c2ccc(F)c(CC(=O)O)c2)NC(=O)C1. The molecule has 158 valence electrons. The first-order chi connectivity index (χ1) is 14.8. The van der Waals surface area contributed by atoms with Crippen LogP contribution in [0, 0.1) is 5.82 Å². The number of nitrogens with one attached hydrogen (secondary N) is 2. The standard InChI is InChI=1S/C23H20FN3O4/c1-12-6-20(29)26-23(14-3-4-17(24)15(9-14)10-21(30)31)22(12)19(28)8-13-2-5-18-16(7-13)11-25-27-18/h2-5,7,9,11,23H,6,8,10H2,1H3,(H,25,27)(H,26,29)(H,30,31). The predicted molar refractivity (Wildman–Crippen MR) is 111 cm³/mol. The van der Waals surface area contributed by atoms with Crippen molar-refractivity contribution in [2.45, 2.75) is 32.2 Å². The Labute approximate surface area is 177 Å². The maximum absolute atomic E-state index is 14.1. The third-order valence-corrected chi connectivity index (χ3v) is 5.39. The maximum atomic E-state index is 14.1. The Kier molecular flexibility index (Phi) is 5.37. The Morgan fingerprint density at radius 3 is 2.77 bits per heavy atom. The number of amides is 1. The van der Waals surface area contributed by atoms with Crippen LogP contribution in [0.25, 0.3) is 10.9 Å². The van der Waals surface area contributed by atoms with Gasteiger partial charge < -0.3 is 10.4 Å². The fourth-order valence-corrected chi connectivity index (χ4v) is 3.97. The van der Waals surface area contributed by atoms with E-state index in [0.29, 0.717) is 16.7 Å². The van der Waals surface area contributed by atoms with E-state index < -0.39 is 24.2 Å². The smallest absolute Gasteiger partial charge is 0.307 e. The van der Waals surface area contributed by atoms with E-state index in [2.05, 4.69) is 15.5 Å². The lowest BCUT2D eigenvalue weighted by Crippen LogP contribution is -2.37. The number of carbonyl (C=O) groups excluding carboxylic acids is 2. The van der Waals surface area contributed by atoms with E-state index in [1.54, 1.807) is 13.1 Å². The minimum atomic E-state index is -1.17. The largest absolute Gasteiger partial charge is 0.481 e. The van der Waals surface area contributed by atoms with E-state index in [0.717, 1.165) is 16.5 Å². The van der Waals surface area contributed by atoms with Crippen molar-refractivity contribution < 1.29 is 23.9 Å². The molecule has 1 aromatic heterocycles. The Morgan fingerprint density at radius 2 is 2.00 bits per heavy atom. The Morgan fingerprint density at radius 1 is 1.19 bits per heavy atom. The van der Waals surface area contributed by atoms with Gasteiger partial charge in [0.1, 0.15) is 5.82 Å². The lowest BCUT2D eigenvalue weighted by atomic mass is 9.85. The molecule has 0 bridgehead atoms. The first kappa shape index (κ1) is 20.5. The monoisotopic (exact) mass is 421 g/mol. The number of carboxylic acids is 1. The van der Waals surface area contributed by atoms with E-state index >= 15 is 0 Å². The average Bonchev–Trinajstić information content (AvgIpc) is 3.16. The molecule has 0 saturated carbocycles. The second-order valence-electron chi connectivity index (χ2n) is 7.68. The molecule has 7 nitrogen and oxygen atoms in total. The average molecular weight is 421 g/mol. The predicted octanol–water partition coefficient (Wildman–Crippen LogP) is 3.02. The molecule has 0 spiro atoms. The molecule has 3 aromatic rings. The van der Waals surface area contributed by atoms with E-state index in [4.69, 9.17) is 5.11 Å². The lowest BCUT2D eigenvalue weighted by molar-refractivity contribution is -0.136. The van der Waals surface area contributed by atoms with Gasteiger partial charge in [0.25, 0.3) is 0 Å². The van der Waals surface area contributed by atoms with Gasteiger partial charge in [0, 0.05) is 23.8 Å². The van der Waals surface area contributed by atoms with Crippen molar-refractivity contribution in [3.8, 4) is 0 Å². The summed E-state index contributed by atoms with van der Waals surface area (Å²) in [7, 11) is 0. The highest BCUT2D eigenvalue weighted by Crippen LogP contribution is 2.32. The van der Waals surface area contributed by atoms with Crippen molar-refractivity contribution in [2.24, 2.45) is 0 Å². The van der Waals surface area contributed by atoms with Gasteiger partial charge in [-0.15, -0.1) is 0 Å². The zero-order valence-electron chi connectivity index (χ0n) is 16.7. The molecule has 3 N–H and O–H groups in total. The Balaban J connectivity index is 1.68. The molecule has 2 aromatic carbocycles. The molecule has 1 aliphatic heterocycles. The van der Waals surface area contributed by atoms with Crippen LogP contribution in [0.3, 0.4) is 0 Å². The second kappa shape index (κ2) is 8.14. The van der Waals surface area contributed by atoms with Gasteiger partial charge in [-0.05, 0) is 47.9 Å². The van der Waals surface area contributed by atoms with Crippen molar-refractivity contribution in [3.63, 3.8) is 0 Å². The van der Waals surface area contributed by atoms with Crippen LogP contribution in [0.5, 0.6) is 0 Å². The number of fused-ring (bicyclic) bond motifs is 1. The van der Waals surface area contributed by atoms with E-state index in [1.165, 1.54) is 18.2 Å². The summed E-state index contributed by atoms with van der Waals surface area (Å²) in [4.78, 5) is 36.5. The van der Waals surface area contributed by atoms with Crippen LogP contribution in [0.1, 0.15) is 36.1 Å². The van der Waals surface area contributed by atoms with Gasteiger partial charge >= 0.3 is 5.97 Å². The van der Waals surface area contributed by atoms with Gasteiger partial charge in [0.15, 0.2) is 5.78 Å². The number of H-pyrrole nitrogens is 1. The van der Waals surface area contributed by atoms with Crippen molar-refractivity contribution in [3.05, 3.63) is 76.2 Å². The number of carboxylic acid groups (broad SMARTS) is 1. The van der Waals surface area contributed by atoms with Crippen LogP contribution in [0.4, 0.5) is 4.39 Å². The van der Waals surface area contributed by atoms with Crippen LogP contribution in [-0.2, 0) is 27.2 Å². The fourth-order valence-electron chi connectivity index (χ4n) is 3.97. The molecule has 0 radical (unpaired) electrons. The third-order valence-electron chi connectivity index (χ3n) is 5.39. The number of aromatic amines is 1. The minimum Gasteiger partial charge on any atom is -0.481 e. The second-order valence-corrected chi connectivity index (χ2v) is 7.68. The molecule has 0 fully saturated rings.